The van der Waals surface area contributed by atoms with Crippen LogP contribution >= 0.6 is 0 Å². The van der Waals surface area contributed by atoms with Gasteiger partial charge in [0, 0.05) is 23.7 Å². The maximum Gasteiger partial charge on any atom is 0.416 e. The summed E-state index contributed by atoms with van der Waals surface area (Å²) in [5.74, 6) is -0.599. The number of benzene rings is 2. The first-order chi connectivity index (χ1) is 11.3. The molecule has 7 heteroatoms. The fourth-order valence-corrected chi connectivity index (χ4v) is 2.67. The minimum absolute atomic E-state index is 0.00177. The van der Waals surface area contributed by atoms with Crippen molar-refractivity contribution >= 4 is 10.9 Å². The van der Waals surface area contributed by atoms with Crippen LogP contribution in [-0.4, -0.2) is 14.8 Å². The molecule has 3 aromatic rings. The Balaban J connectivity index is 1.99. The zero-order chi connectivity index (χ0) is 17.5. The normalized spacial score (nSPS) is 12.3. The lowest BCUT2D eigenvalue weighted by atomic mass is 10.1. The maximum absolute atomic E-state index is 13.5. The van der Waals surface area contributed by atoms with Gasteiger partial charge in [-0.25, -0.2) is 4.39 Å². The Morgan fingerprint density at radius 1 is 1.00 bits per heavy atom. The Bertz CT molecular complexity index is 867. The number of halogens is 4. The molecular formula is C17H13F4NO2. The third kappa shape index (κ3) is 3.13. The summed E-state index contributed by atoms with van der Waals surface area (Å²) in [4.78, 5) is 0. The van der Waals surface area contributed by atoms with Crippen LogP contribution in [0, 0.1) is 5.82 Å². The number of fused-ring (bicyclic) bond motifs is 1. The summed E-state index contributed by atoms with van der Waals surface area (Å²) in [5.41, 5.74) is 0.286. The van der Waals surface area contributed by atoms with Gasteiger partial charge in [-0.2, -0.15) is 13.2 Å². The average molecular weight is 339 g/mol. The molecule has 0 saturated heterocycles. The highest BCUT2D eigenvalue weighted by molar-refractivity contribution is 5.83. The summed E-state index contributed by atoms with van der Waals surface area (Å²) in [6.45, 7) is 0.215. The molecule has 1 aromatic heterocycles. The molecule has 126 valence electrons. The molecule has 0 amide bonds. The van der Waals surface area contributed by atoms with Crippen LogP contribution in [0.3, 0.4) is 0 Å². The highest BCUT2D eigenvalue weighted by Crippen LogP contribution is 2.30. The number of alkyl halides is 3. The maximum atomic E-state index is 13.5. The molecule has 0 aliphatic carbocycles. The molecule has 0 aliphatic rings. The van der Waals surface area contributed by atoms with E-state index < -0.39 is 23.8 Å². The van der Waals surface area contributed by atoms with E-state index in [9.17, 15) is 27.8 Å². The molecule has 0 aliphatic heterocycles. The summed E-state index contributed by atoms with van der Waals surface area (Å²) in [6, 6.07) is 8.57. The van der Waals surface area contributed by atoms with E-state index in [1.165, 1.54) is 18.2 Å². The van der Waals surface area contributed by atoms with Gasteiger partial charge in [-0.15, -0.1) is 0 Å². The number of hydrogen-bond donors (Lipinski definition) is 2. The van der Waals surface area contributed by atoms with Crippen molar-refractivity contribution < 1.29 is 27.8 Å². The van der Waals surface area contributed by atoms with Crippen LogP contribution in [0.25, 0.3) is 10.9 Å². The minimum Gasteiger partial charge on any atom is -0.364 e. The molecule has 0 saturated carbocycles. The lowest BCUT2D eigenvalue weighted by Crippen LogP contribution is -2.06. The minimum atomic E-state index is -4.40. The van der Waals surface area contributed by atoms with Gasteiger partial charge in [0.2, 0.25) is 0 Å². The zero-order valence-corrected chi connectivity index (χ0v) is 12.3. The largest absolute Gasteiger partial charge is 0.416 e. The van der Waals surface area contributed by atoms with Crippen molar-refractivity contribution in [3.05, 3.63) is 71.2 Å². The van der Waals surface area contributed by atoms with Gasteiger partial charge < -0.3 is 14.8 Å². The van der Waals surface area contributed by atoms with Gasteiger partial charge in [-0.3, -0.25) is 0 Å². The Kier molecular flexibility index (Phi) is 4.06. The van der Waals surface area contributed by atoms with Crippen LogP contribution < -0.4 is 0 Å². The van der Waals surface area contributed by atoms with Gasteiger partial charge in [0.1, 0.15) is 5.82 Å². The van der Waals surface area contributed by atoms with Crippen LogP contribution in [0.1, 0.15) is 23.0 Å². The molecule has 0 radical (unpaired) electrons. The standard InChI is InChI=1S/C17H13F4NO2/c18-13-7-11-5-6-22(15(11)14(8-13)16(23)24)9-10-1-3-12(4-2-10)17(19,20)21/h1-8,16,23-24H,9H2. The van der Waals surface area contributed by atoms with E-state index in [4.69, 9.17) is 0 Å². The number of nitrogens with zero attached hydrogens (tertiary/aromatic N) is 1. The first-order valence-electron chi connectivity index (χ1n) is 7.06. The van der Waals surface area contributed by atoms with E-state index in [0.29, 0.717) is 16.5 Å². The Morgan fingerprint density at radius 3 is 2.25 bits per heavy atom. The molecule has 3 rings (SSSR count). The van der Waals surface area contributed by atoms with E-state index in [1.807, 2.05) is 0 Å². The number of aliphatic hydroxyl groups excluding tert-OH is 1. The fraction of sp³-hybridized carbons (Fsp3) is 0.176. The summed E-state index contributed by atoms with van der Waals surface area (Å²) in [6.07, 6.45) is -4.64. The molecular weight excluding hydrogens is 326 g/mol. The second-order valence-electron chi connectivity index (χ2n) is 5.44. The molecule has 0 bridgehead atoms. The number of hydrogen-bond acceptors (Lipinski definition) is 2. The summed E-state index contributed by atoms with van der Waals surface area (Å²) in [7, 11) is 0. The lowest BCUT2D eigenvalue weighted by molar-refractivity contribution is -0.137. The van der Waals surface area contributed by atoms with E-state index in [2.05, 4.69) is 0 Å². The Hall–Kier alpha value is -2.38. The van der Waals surface area contributed by atoms with Crippen LogP contribution in [-0.2, 0) is 12.7 Å². The monoisotopic (exact) mass is 339 g/mol. The van der Waals surface area contributed by atoms with Crippen molar-refractivity contribution in [1.82, 2.24) is 4.57 Å². The van der Waals surface area contributed by atoms with Gasteiger partial charge in [-0.05, 0) is 35.9 Å². The van der Waals surface area contributed by atoms with Gasteiger partial charge >= 0.3 is 6.18 Å². The Labute approximate surface area is 134 Å². The third-order valence-electron chi connectivity index (χ3n) is 3.77. The van der Waals surface area contributed by atoms with Crippen molar-refractivity contribution in [2.75, 3.05) is 0 Å². The second-order valence-corrected chi connectivity index (χ2v) is 5.44. The van der Waals surface area contributed by atoms with E-state index in [0.717, 1.165) is 18.2 Å². The van der Waals surface area contributed by atoms with Crippen LogP contribution in [0.5, 0.6) is 0 Å². The SMILES string of the molecule is OC(O)c1cc(F)cc2ccn(Cc3ccc(C(F)(F)F)cc3)c12. The van der Waals surface area contributed by atoms with E-state index >= 15 is 0 Å². The molecule has 3 nitrogen and oxygen atoms in total. The van der Waals surface area contributed by atoms with Gasteiger partial charge in [0.25, 0.3) is 0 Å². The molecule has 0 spiro atoms. The van der Waals surface area contributed by atoms with Crippen LogP contribution in [0.2, 0.25) is 0 Å². The quantitative estimate of drug-likeness (QED) is 0.563. The van der Waals surface area contributed by atoms with Gasteiger partial charge in [0.05, 0.1) is 11.1 Å². The van der Waals surface area contributed by atoms with E-state index in [-0.39, 0.29) is 12.1 Å². The van der Waals surface area contributed by atoms with E-state index in [1.54, 1.807) is 16.8 Å². The van der Waals surface area contributed by atoms with Crippen molar-refractivity contribution in [3.8, 4) is 0 Å². The Morgan fingerprint density at radius 2 is 1.67 bits per heavy atom. The topological polar surface area (TPSA) is 45.4 Å². The third-order valence-corrected chi connectivity index (χ3v) is 3.77. The lowest BCUT2D eigenvalue weighted by Gasteiger charge is -2.12. The molecule has 0 unspecified atom stereocenters. The number of aliphatic hydroxyl groups is 2. The highest BCUT2D eigenvalue weighted by Gasteiger charge is 2.29. The number of rotatable bonds is 3. The summed E-state index contributed by atoms with van der Waals surface area (Å²) < 4.78 is 52.9. The van der Waals surface area contributed by atoms with Crippen LogP contribution in [0.15, 0.2) is 48.7 Å². The molecule has 1 heterocycles. The van der Waals surface area contributed by atoms with Crippen LogP contribution in [0.4, 0.5) is 17.6 Å². The highest BCUT2D eigenvalue weighted by atomic mass is 19.4. The molecule has 0 fully saturated rings. The summed E-state index contributed by atoms with van der Waals surface area (Å²) >= 11 is 0. The molecule has 2 N–H and O–H groups in total. The van der Waals surface area contributed by atoms with Crippen molar-refractivity contribution in [2.45, 2.75) is 19.0 Å². The summed E-state index contributed by atoms with van der Waals surface area (Å²) in [5, 5.41) is 19.3. The average Bonchev–Trinajstić information content (AvgIpc) is 2.88. The van der Waals surface area contributed by atoms with Crippen molar-refractivity contribution in [2.24, 2.45) is 0 Å². The fourth-order valence-electron chi connectivity index (χ4n) is 2.67. The smallest absolute Gasteiger partial charge is 0.364 e. The predicted octanol–water partition coefficient (Wildman–Crippen LogP) is 3.83. The zero-order valence-electron chi connectivity index (χ0n) is 12.3. The van der Waals surface area contributed by atoms with Crippen molar-refractivity contribution in [1.29, 1.82) is 0 Å². The number of aromatic nitrogens is 1. The van der Waals surface area contributed by atoms with Gasteiger partial charge in [0.15, 0.2) is 6.29 Å². The predicted molar refractivity (Wildman–Crippen MR) is 79.6 cm³/mol. The first kappa shape index (κ1) is 16.5. The van der Waals surface area contributed by atoms with Gasteiger partial charge in [-0.1, -0.05) is 12.1 Å². The van der Waals surface area contributed by atoms with Crippen molar-refractivity contribution in [3.63, 3.8) is 0 Å². The molecule has 0 atom stereocenters. The molecule has 24 heavy (non-hydrogen) atoms. The second kappa shape index (κ2) is 5.92. The first-order valence-corrected chi connectivity index (χ1v) is 7.06. The molecule has 2 aromatic carbocycles.